The molecule has 172 valence electrons. The van der Waals surface area contributed by atoms with Crippen LogP contribution in [0, 0.1) is 0 Å². The number of alkyl halides is 3. The molecule has 1 heterocycles. The van der Waals surface area contributed by atoms with Crippen molar-refractivity contribution < 1.29 is 18.0 Å². The number of benzene rings is 2. The van der Waals surface area contributed by atoms with Crippen LogP contribution in [0.15, 0.2) is 77.6 Å². The van der Waals surface area contributed by atoms with Gasteiger partial charge in [0.15, 0.2) is 6.29 Å². The van der Waals surface area contributed by atoms with Gasteiger partial charge in [0.05, 0.1) is 11.6 Å². The van der Waals surface area contributed by atoms with E-state index in [2.05, 4.69) is 66.0 Å². The van der Waals surface area contributed by atoms with E-state index < -0.39 is 17.4 Å². The second kappa shape index (κ2) is 10.9. The molecule has 2 N–H and O–H groups in total. The molecule has 1 aromatic heterocycles. The molecule has 1 atom stereocenters. The molecule has 0 spiro atoms. The molecule has 3 aromatic rings. The first-order valence-electron chi connectivity index (χ1n) is 10.6. The monoisotopic (exact) mass is 454 g/mol. The highest BCUT2D eigenvalue weighted by Gasteiger charge is 2.31. The number of carbonyl (C=O) groups excluding carboxylic acids is 1. The van der Waals surface area contributed by atoms with Crippen LogP contribution < -0.4 is 10.9 Å². The van der Waals surface area contributed by atoms with Gasteiger partial charge in [0.2, 0.25) is 0 Å². The first-order chi connectivity index (χ1) is 15.8. The Morgan fingerprint density at radius 2 is 1.64 bits per heavy atom. The van der Waals surface area contributed by atoms with Crippen LogP contribution in [-0.4, -0.2) is 18.3 Å². The van der Waals surface area contributed by atoms with Crippen LogP contribution in [0.2, 0.25) is 0 Å². The summed E-state index contributed by atoms with van der Waals surface area (Å²) in [7, 11) is 2.02. The first-order valence-corrected chi connectivity index (χ1v) is 10.6. The molecule has 4 rings (SSSR count). The molecule has 1 aliphatic rings. The average molecular weight is 454 g/mol. The number of aromatic nitrogens is 1. The number of pyridine rings is 1. The van der Waals surface area contributed by atoms with Crippen molar-refractivity contribution >= 4 is 11.9 Å². The van der Waals surface area contributed by atoms with Crippen molar-refractivity contribution in [2.75, 3.05) is 7.05 Å². The molecule has 0 bridgehead atoms. The van der Waals surface area contributed by atoms with Crippen LogP contribution in [-0.2, 0) is 6.18 Å². The van der Waals surface area contributed by atoms with Crippen LogP contribution in [0.5, 0.6) is 0 Å². The standard InChI is InChI=1S/C19H21N.C7H4F3NO2/c1-20-19(17-9-3-2-4-10-17)18-13-11-16(12-14-18)15-7-5-6-8-15;8-7(9,10)5-2-1-4(3-12)6(13)11-5/h2-4,7,9-14,19-20H,5-6,8H2,1H3;1-3H,(H,11,13). The SMILES string of the molecule is CNC(c1ccccc1)c1ccc(C2=CCCC2)cc1.O=Cc1ccc(C(F)(F)F)[nH]c1=O. The second-order valence-electron chi connectivity index (χ2n) is 7.65. The first kappa shape index (κ1) is 24.2. The Bertz CT molecular complexity index is 1150. The van der Waals surface area contributed by atoms with Crippen LogP contribution in [0.1, 0.15) is 58.0 Å². The molecule has 2 aromatic carbocycles. The summed E-state index contributed by atoms with van der Waals surface area (Å²) < 4.78 is 35.8. The summed E-state index contributed by atoms with van der Waals surface area (Å²) in [5.74, 6) is 0. The number of aldehydes is 1. The summed E-state index contributed by atoms with van der Waals surface area (Å²) in [6.45, 7) is 0. The molecule has 7 heteroatoms. The Hall–Kier alpha value is -3.45. The van der Waals surface area contributed by atoms with Gasteiger partial charge in [0.25, 0.3) is 5.56 Å². The molecule has 0 saturated carbocycles. The minimum absolute atomic E-state index is 0.193. The lowest BCUT2D eigenvalue weighted by atomic mass is 9.96. The van der Waals surface area contributed by atoms with Gasteiger partial charge in [-0.25, -0.2) is 0 Å². The maximum atomic E-state index is 11.9. The lowest BCUT2D eigenvalue weighted by Gasteiger charge is -2.17. The minimum atomic E-state index is -4.60. The summed E-state index contributed by atoms with van der Waals surface area (Å²) in [4.78, 5) is 22.4. The van der Waals surface area contributed by atoms with Crippen LogP contribution >= 0.6 is 0 Å². The molecule has 0 aliphatic heterocycles. The molecule has 33 heavy (non-hydrogen) atoms. The van der Waals surface area contributed by atoms with E-state index in [4.69, 9.17) is 0 Å². The van der Waals surface area contributed by atoms with Crippen molar-refractivity contribution in [1.29, 1.82) is 0 Å². The molecule has 0 radical (unpaired) electrons. The predicted molar refractivity (Wildman–Crippen MR) is 123 cm³/mol. The number of hydrogen-bond donors (Lipinski definition) is 2. The van der Waals surface area contributed by atoms with E-state index in [1.54, 1.807) is 4.98 Å². The number of H-pyrrole nitrogens is 1. The smallest absolute Gasteiger partial charge is 0.318 e. The zero-order chi connectivity index (χ0) is 23.8. The highest BCUT2D eigenvalue weighted by molar-refractivity contribution is 5.73. The van der Waals surface area contributed by atoms with Crippen LogP contribution in [0.25, 0.3) is 5.57 Å². The average Bonchev–Trinajstić information content (AvgIpc) is 3.36. The van der Waals surface area contributed by atoms with E-state index >= 15 is 0 Å². The number of allylic oxidation sites excluding steroid dienone is 2. The summed E-state index contributed by atoms with van der Waals surface area (Å²) in [6.07, 6.45) is 1.75. The summed E-state index contributed by atoms with van der Waals surface area (Å²) >= 11 is 0. The van der Waals surface area contributed by atoms with E-state index in [1.165, 1.54) is 41.5 Å². The van der Waals surface area contributed by atoms with Gasteiger partial charge in [-0.15, -0.1) is 0 Å². The number of hydrogen-bond acceptors (Lipinski definition) is 3. The van der Waals surface area contributed by atoms with Crippen molar-refractivity contribution in [3.63, 3.8) is 0 Å². The Morgan fingerprint density at radius 3 is 2.15 bits per heavy atom. The van der Waals surface area contributed by atoms with Crippen molar-refractivity contribution in [3.8, 4) is 0 Å². The number of carbonyl (C=O) groups is 1. The number of rotatable bonds is 5. The number of halogens is 3. The quantitative estimate of drug-likeness (QED) is 0.481. The van der Waals surface area contributed by atoms with Gasteiger partial charge in [0, 0.05) is 0 Å². The maximum absolute atomic E-state index is 11.9. The Morgan fingerprint density at radius 1 is 0.970 bits per heavy atom. The summed E-state index contributed by atoms with van der Waals surface area (Å²) in [5, 5.41) is 3.41. The van der Waals surface area contributed by atoms with Gasteiger partial charge in [-0.3, -0.25) is 9.59 Å². The van der Waals surface area contributed by atoms with E-state index in [1.807, 2.05) is 7.05 Å². The highest BCUT2D eigenvalue weighted by Crippen LogP contribution is 2.29. The Kier molecular flexibility index (Phi) is 8.01. The molecular weight excluding hydrogens is 429 g/mol. The fourth-order valence-corrected chi connectivity index (χ4v) is 3.74. The number of nitrogens with one attached hydrogen (secondary N) is 2. The van der Waals surface area contributed by atoms with Crippen molar-refractivity contribution in [1.82, 2.24) is 10.3 Å². The van der Waals surface area contributed by atoms with Crippen molar-refractivity contribution in [2.24, 2.45) is 0 Å². The van der Waals surface area contributed by atoms with Gasteiger partial charge in [-0.05, 0) is 60.7 Å². The highest BCUT2D eigenvalue weighted by atomic mass is 19.4. The minimum Gasteiger partial charge on any atom is -0.318 e. The third-order valence-corrected chi connectivity index (χ3v) is 5.45. The largest absolute Gasteiger partial charge is 0.431 e. The third kappa shape index (κ3) is 6.29. The number of aromatic amines is 1. The fraction of sp³-hybridized carbons (Fsp3) is 0.231. The van der Waals surface area contributed by atoms with E-state index in [-0.39, 0.29) is 17.9 Å². The lowest BCUT2D eigenvalue weighted by Crippen LogP contribution is -2.18. The van der Waals surface area contributed by atoms with Gasteiger partial charge in [-0.2, -0.15) is 13.2 Å². The van der Waals surface area contributed by atoms with Crippen LogP contribution in [0.4, 0.5) is 13.2 Å². The maximum Gasteiger partial charge on any atom is 0.431 e. The Labute approximate surface area is 190 Å². The second-order valence-corrected chi connectivity index (χ2v) is 7.65. The van der Waals surface area contributed by atoms with Crippen LogP contribution in [0.3, 0.4) is 0 Å². The molecule has 0 amide bonds. The topological polar surface area (TPSA) is 62.0 Å². The fourth-order valence-electron chi connectivity index (χ4n) is 3.74. The van der Waals surface area contributed by atoms with Gasteiger partial charge >= 0.3 is 6.18 Å². The molecule has 1 aliphatic carbocycles. The molecule has 4 nitrogen and oxygen atoms in total. The summed E-state index contributed by atoms with van der Waals surface area (Å²) in [6, 6.07) is 21.4. The normalized spacial score (nSPS) is 14.1. The Balaban J connectivity index is 0.000000205. The zero-order valence-corrected chi connectivity index (χ0v) is 18.2. The van der Waals surface area contributed by atoms with Crippen molar-refractivity contribution in [2.45, 2.75) is 31.5 Å². The van der Waals surface area contributed by atoms with Gasteiger partial charge < -0.3 is 10.3 Å². The predicted octanol–water partition coefficient (Wildman–Crippen LogP) is 5.77. The summed E-state index contributed by atoms with van der Waals surface area (Å²) in [5.41, 5.74) is 3.00. The van der Waals surface area contributed by atoms with E-state index in [0.717, 1.165) is 6.07 Å². The lowest BCUT2D eigenvalue weighted by molar-refractivity contribution is -0.141. The molecular formula is C26H25F3N2O2. The third-order valence-electron chi connectivity index (χ3n) is 5.45. The zero-order valence-electron chi connectivity index (χ0n) is 18.2. The van der Waals surface area contributed by atoms with E-state index in [0.29, 0.717) is 6.07 Å². The van der Waals surface area contributed by atoms with Gasteiger partial charge in [-0.1, -0.05) is 60.7 Å². The van der Waals surface area contributed by atoms with Gasteiger partial charge in [0.1, 0.15) is 5.69 Å². The van der Waals surface area contributed by atoms with Crippen molar-refractivity contribution in [3.05, 3.63) is 111 Å². The molecule has 1 unspecified atom stereocenters. The molecule has 0 fully saturated rings. The van der Waals surface area contributed by atoms with E-state index in [9.17, 15) is 22.8 Å². The molecule has 0 saturated heterocycles.